The van der Waals surface area contributed by atoms with Gasteiger partial charge in [0.15, 0.2) is 0 Å². The molecule has 2 saturated carbocycles. The molecule has 2 aromatic carbocycles. The summed E-state index contributed by atoms with van der Waals surface area (Å²) < 4.78 is 0. The molecule has 2 aliphatic rings. The van der Waals surface area contributed by atoms with Crippen LogP contribution >= 0.6 is 0 Å². The summed E-state index contributed by atoms with van der Waals surface area (Å²) in [4.78, 5) is 0. The molecule has 2 fully saturated rings. The van der Waals surface area contributed by atoms with Gasteiger partial charge in [-0.15, -0.1) is 0 Å². The van der Waals surface area contributed by atoms with E-state index in [9.17, 15) is 0 Å². The third kappa shape index (κ3) is 6.74. The highest BCUT2D eigenvalue weighted by Crippen LogP contribution is 2.39. The molecule has 0 amide bonds. The lowest BCUT2D eigenvalue weighted by Gasteiger charge is -2.29. The van der Waals surface area contributed by atoms with Crippen molar-refractivity contribution >= 4 is 0 Å². The number of hydrogen-bond acceptors (Lipinski definition) is 0. The minimum atomic E-state index is 0.578. The van der Waals surface area contributed by atoms with E-state index in [1.807, 2.05) is 0 Å². The molecule has 0 N–H and O–H groups in total. The molecule has 0 bridgehead atoms. The molecular formula is C33H48. The van der Waals surface area contributed by atoms with Gasteiger partial charge in [0, 0.05) is 0 Å². The first-order valence-electron chi connectivity index (χ1n) is 14.3. The van der Waals surface area contributed by atoms with Gasteiger partial charge in [-0.25, -0.2) is 0 Å². The van der Waals surface area contributed by atoms with Gasteiger partial charge in [-0.1, -0.05) is 95.0 Å². The zero-order chi connectivity index (χ0) is 23.0. The van der Waals surface area contributed by atoms with Crippen LogP contribution in [-0.2, 0) is 6.42 Å². The summed E-state index contributed by atoms with van der Waals surface area (Å²) in [6, 6.07) is 19.4. The fraction of sp³-hybridized carbons (Fsp3) is 0.636. The average molecular weight is 445 g/mol. The van der Waals surface area contributed by atoms with E-state index in [2.05, 4.69) is 69.3 Å². The maximum Gasteiger partial charge on any atom is -0.0150 e. The Kier molecular flexibility index (Phi) is 9.10. The topological polar surface area (TPSA) is 0 Å². The van der Waals surface area contributed by atoms with E-state index in [-0.39, 0.29) is 0 Å². The SMILES string of the molecule is CCCC1CCC(c2ccc(C[C@@H](C)c3ccc(C4CCC(CCC)CC4)cc3)cc2)CC1. The Labute approximate surface area is 204 Å². The Bertz CT molecular complexity index is 798. The summed E-state index contributed by atoms with van der Waals surface area (Å²) in [6.07, 6.45) is 18.1. The van der Waals surface area contributed by atoms with Crippen LogP contribution in [0.1, 0.15) is 138 Å². The lowest BCUT2D eigenvalue weighted by molar-refractivity contribution is 0.308. The van der Waals surface area contributed by atoms with Gasteiger partial charge in [0.2, 0.25) is 0 Å². The monoisotopic (exact) mass is 444 g/mol. The van der Waals surface area contributed by atoms with Crippen molar-refractivity contribution in [1.29, 1.82) is 0 Å². The summed E-state index contributed by atoms with van der Waals surface area (Å²) in [6.45, 7) is 7.06. The molecule has 0 spiro atoms. The maximum absolute atomic E-state index is 2.44. The third-order valence-corrected chi connectivity index (χ3v) is 9.06. The van der Waals surface area contributed by atoms with Crippen molar-refractivity contribution in [3.05, 3.63) is 70.8 Å². The number of rotatable bonds is 9. The molecule has 0 heteroatoms. The predicted molar refractivity (Wildman–Crippen MR) is 144 cm³/mol. The minimum Gasteiger partial charge on any atom is -0.0654 e. The van der Waals surface area contributed by atoms with E-state index < -0.39 is 0 Å². The Morgan fingerprint density at radius 2 is 1.03 bits per heavy atom. The normalized spacial score (nSPS) is 26.8. The fourth-order valence-electron chi connectivity index (χ4n) is 6.88. The largest absolute Gasteiger partial charge is 0.0654 e. The molecule has 2 aromatic rings. The van der Waals surface area contributed by atoms with Crippen molar-refractivity contribution < 1.29 is 0 Å². The van der Waals surface area contributed by atoms with Crippen molar-refractivity contribution in [2.24, 2.45) is 11.8 Å². The lowest BCUT2D eigenvalue weighted by Crippen LogP contribution is -2.13. The molecule has 2 aliphatic carbocycles. The zero-order valence-electron chi connectivity index (χ0n) is 21.7. The second-order valence-corrected chi connectivity index (χ2v) is 11.5. The van der Waals surface area contributed by atoms with Crippen molar-refractivity contribution in [2.75, 3.05) is 0 Å². The van der Waals surface area contributed by atoms with Crippen LogP contribution in [0.2, 0.25) is 0 Å². The van der Waals surface area contributed by atoms with Crippen molar-refractivity contribution in [2.45, 2.75) is 122 Å². The highest BCUT2D eigenvalue weighted by atomic mass is 14.3. The molecule has 0 nitrogen and oxygen atoms in total. The zero-order valence-corrected chi connectivity index (χ0v) is 21.7. The van der Waals surface area contributed by atoms with Crippen LogP contribution in [0.25, 0.3) is 0 Å². The summed E-state index contributed by atoms with van der Waals surface area (Å²) in [5.41, 5.74) is 6.15. The van der Waals surface area contributed by atoms with Crippen LogP contribution in [0, 0.1) is 11.8 Å². The van der Waals surface area contributed by atoms with Gasteiger partial charge in [-0.3, -0.25) is 0 Å². The van der Waals surface area contributed by atoms with Gasteiger partial charge in [0.1, 0.15) is 0 Å². The van der Waals surface area contributed by atoms with E-state index >= 15 is 0 Å². The van der Waals surface area contributed by atoms with E-state index in [1.54, 1.807) is 11.1 Å². The first-order valence-corrected chi connectivity index (χ1v) is 14.3. The van der Waals surface area contributed by atoms with Gasteiger partial charge in [0.05, 0.1) is 0 Å². The average Bonchev–Trinajstić information content (AvgIpc) is 2.86. The second kappa shape index (κ2) is 12.2. The molecule has 0 aromatic heterocycles. The third-order valence-electron chi connectivity index (χ3n) is 9.06. The molecule has 0 saturated heterocycles. The van der Waals surface area contributed by atoms with Gasteiger partial charge in [0.25, 0.3) is 0 Å². The van der Waals surface area contributed by atoms with Gasteiger partial charge in [-0.2, -0.15) is 0 Å². The van der Waals surface area contributed by atoms with E-state index in [1.165, 1.54) is 88.2 Å². The Morgan fingerprint density at radius 1 is 0.606 bits per heavy atom. The molecule has 33 heavy (non-hydrogen) atoms. The van der Waals surface area contributed by atoms with Gasteiger partial charge >= 0.3 is 0 Å². The molecule has 1 atom stereocenters. The molecule has 4 rings (SSSR count). The molecule has 180 valence electrons. The predicted octanol–water partition coefficient (Wildman–Crippen LogP) is 10.2. The number of hydrogen-bond donors (Lipinski definition) is 0. The van der Waals surface area contributed by atoms with Crippen LogP contribution in [-0.4, -0.2) is 0 Å². The minimum absolute atomic E-state index is 0.578. The van der Waals surface area contributed by atoms with Crippen LogP contribution in [0.4, 0.5) is 0 Å². The molecule has 0 unspecified atom stereocenters. The van der Waals surface area contributed by atoms with Crippen LogP contribution in [0.5, 0.6) is 0 Å². The quantitative estimate of drug-likeness (QED) is 0.361. The Morgan fingerprint density at radius 3 is 1.45 bits per heavy atom. The van der Waals surface area contributed by atoms with E-state index in [0.717, 1.165) is 30.1 Å². The molecule has 0 heterocycles. The van der Waals surface area contributed by atoms with Crippen LogP contribution in [0.15, 0.2) is 48.5 Å². The maximum atomic E-state index is 2.44. The van der Waals surface area contributed by atoms with Crippen LogP contribution < -0.4 is 0 Å². The van der Waals surface area contributed by atoms with Gasteiger partial charge in [-0.05, 0) is 110 Å². The number of benzene rings is 2. The summed E-state index contributed by atoms with van der Waals surface area (Å²) in [5, 5.41) is 0. The summed E-state index contributed by atoms with van der Waals surface area (Å²) in [7, 11) is 0. The Balaban J connectivity index is 1.27. The molecular weight excluding hydrogens is 396 g/mol. The van der Waals surface area contributed by atoms with Crippen molar-refractivity contribution in [3.8, 4) is 0 Å². The van der Waals surface area contributed by atoms with Crippen LogP contribution in [0.3, 0.4) is 0 Å². The molecule has 0 aliphatic heterocycles. The highest BCUT2D eigenvalue weighted by molar-refractivity contribution is 5.31. The highest BCUT2D eigenvalue weighted by Gasteiger charge is 2.23. The summed E-state index contributed by atoms with van der Waals surface area (Å²) >= 11 is 0. The summed E-state index contributed by atoms with van der Waals surface area (Å²) in [5.74, 6) is 4.16. The lowest BCUT2D eigenvalue weighted by atomic mass is 9.77. The van der Waals surface area contributed by atoms with Crippen molar-refractivity contribution in [3.63, 3.8) is 0 Å². The first kappa shape index (κ1) is 24.6. The molecule has 0 radical (unpaired) electrons. The first-order chi connectivity index (χ1) is 16.2. The standard InChI is InChI=1S/C33H48/c1-4-6-26-8-14-30(15-9-26)32-18-12-28(13-19-32)24-25(3)29-20-22-33(23-21-29)31-16-10-27(7-5-2)11-17-31/h12-13,18-23,25-27,30-31H,4-11,14-17,24H2,1-3H3/t25-,26?,27?,30?,31?/m1/s1. The fourth-order valence-corrected chi connectivity index (χ4v) is 6.88. The van der Waals surface area contributed by atoms with Gasteiger partial charge < -0.3 is 0 Å². The van der Waals surface area contributed by atoms with Crippen molar-refractivity contribution in [1.82, 2.24) is 0 Å². The van der Waals surface area contributed by atoms with E-state index in [0.29, 0.717) is 5.92 Å². The Hall–Kier alpha value is -1.56. The second-order valence-electron chi connectivity index (χ2n) is 11.5. The van der Waals surface area contributed by atoms with E-state index in [4.69, 9.17) is 0 Å². The smallest absolute Gasteiger partial charge is 0.0150 e.